The van der Waals surface area contributed by atoms with Crippen molar-refractivity contribution in [3.05, 3.63) is 66.6 Å². The molecule has 1 amide bonds. The highest BCUT2D eigenvalue weighted by Crippen LogP contribution is 2.25. The van der Waals surface area contributed by atoms with Gasteiger partial charge in [0.2, 0.25) is 0 Å². The molecule has 1 N–H and O–H groups in total. The fourth-order valence-electron chi connectivity index (χ4n) is 2.93. The number of halogens is 1. The summed E-state index contributed by atoms with van der Waals surface area (Å²) in [4.78, 5) is 34.5. The molecule has 0 spiro atoms. The number of nitrogens with zero attached hydrogens (tertiary/aromatic N) is 3. The predicted octanol–water partition coefficient (Wildman–Crippen LogP) is 2.11. The molecule has 0 bridgehead atoms. The molecular weight excluding hydrogens is 360 g/mol. The van der Waals surface area contributed by atoms with E-state index in [1.807, 2.05) is 0 Å². The number of nitro groups is 1. The van der Waals surface area contributed by atoms with Crippen molar-refractivity contribution >= 4 is 23.2 Å². The number of benzene rings is 1. The molecule has 2 aromatic rings. The normalized spacial score (nSPS) is 13.1. The molecule has 136 valence electrons. The fourth-order valence-corrected chi connectivity index (χ4v) is 3.12. The van der Waals surface area contributed by atoms with Gasteiger partial charge >= 0.3 is 0 Å². The Morgan fingerprint density at radius 2 is 2.08 bits per heavy atom. The van der Waals surface area contributed by atoms with Crippen LogP contribution in [0.3, 0.4) is 0 Å². The third kappa shape index (κ3) is 3.91. The average molecular weight is 377 g/mol. The molecule has 0 atom stereocenters. The number of carbonyl (C=O) groups is 1. The number of hydrogen-bond acceptors (Lipinski definition) is 5. The first kappa shape index (κ1) is 18.1. The molecule has 1 aromatic heterocycles. The molecular formula is C17H17ClN4O4. The highest BCUT2D eigenvalue weighted by molar-refractivity contribution is 6.32. The zero-order valence-corrected chi connectivity index (χ0v) is 14.7. The summed E-state index contributed by atoms with van der Waals surface area (Å²) in [5, 5.41) is 17.9. The Balaban J connectivity index is 1.65. The van der Waals surface area contributed by atoms with E-state index in [-0.39, 0.29) is 34.9 Å². The van der Waals surface area contributed by atoms with Gasteiger partial charge in [-0.2, -0.15) is 5.10 Å². The first-order chi connectivity index (χ1) is 12.5. The third-order valence-corrected chi connectivity index (χ3v) is 4.61. The highest BCUT2D eigenvalue weighted by Gasteiger charge is 2.16. The summed E-state index contributed by atoms with van der Waals surface area (Å²) in [6.07, 6.45) is 3.87. The Morgan fingerprint density at radius 1 is 1.31 bits per heavy atom. The SMILES string of the molecule is O=C(NCCn1nc2c(cc1=O)CCCC2)c1ccc(Cl)c([N+](=O)[O-])c1. The highest BCUT2D eigenvalue weighted by atomic mass is 35.5. The number of fused-ring (bicyclic) bond motifs is 1. The molecule has 1 aliphatic rings. The van der Waals surface area contributed by atoms with E-state index < -0.39 is 10.8 Å². The predicted molar refractivity (Wildman–Crippen MR) is 95.6 cm³/mol. The summed E-state index contributed by atoms with van der Waals surface area (Å²) in [5.74, 6) is -0.476. The molecule has 0 fully saturated rings. The van der Waals surface area contributed by atoms with Crippen LogP contribution in [0.25, 0.3) is 0 Å². The smallest absolute Gasteiger partial charge is 0.288 e. The molecule has 0 saturated heterocycles. The van der Waals surface area contributed by atoms with Crippen LogP contribution in [-0.2, 0) is 19.4 Å². The van der Waals surface area contributed by atoms with Gasteiger partial charge in [-0.05, 0) is 43.4 Å². The average Bonchev–Trinajstić information content (AvgIpc) is 2.62. The van der Waals surface area contributed by atoms with Gasteiger partial charge in [0.15, 0.2) is 0 Å². The van der Waals surface area contributed by atoms with Crippen molar-refractivity contribution in [1.29, 1.82) is 0 Å². The molecule has 0 saturated carbocycles. The summed E-state index contributed by atoms with van der Waals surface area (Å²) in [6.45, 7) is 0.411. The fraction of sp³-hybridized carbons (Fsp3) is 0.353. The van der Waals surface area contributed by atoms with Gasteiger partial charge in [-0.3, -0.25) is 19.7 Å². The molecule has 26 heavy (non-hydrogen) atoms. The first-order valence-electron chi connectivity index (χ1n) is 8.28. The van der Waals surface area contributed by atoms with E-state index in [0.717, 1.165) is 43.0 Å². The lowest BCUT2D eigenvalue weighted by molar-refractivity contribution is -0.384. The summed E-state index contributed by atoms with van der Waals surface area (Å²) in [5.41, 5.74) is 1.56. The Morgan fingerprint density at radius 3 is 2.85 bits per heavy atom. The monoisotopic (exact) mass is 376 g/mol. The number of carbonyl (C=O) groups excluding carboxylic acids is 1. The maximum absolute atomic E-state index is 12.2. The Kier molecular flexibility index (Phi) is 5.32. The van der Waals surface area contributed by atoms with Crippen LogP contribution in [0.1, 0.15) is 34.5 Å². The lowest BCUT2D eigenvalue weighted by atomic mass is 9.97. The first-order valence-corrected chi connectivity index (χ1v) is 8.65. The van der Waals surface area contributed by atoms with Crippen LogP contribution < -0.4 is 10.9 Å². The number of hydrogen-bond donors (Lipinski definition) is 1. The zero-order chi connectivity index (χ0) is 18.7. The molecule has 9 heteroatoms. The van der Waals surface area contributed by atoms with Crippen molar-refractivity contribution in [2.24, 2.45) is 0 Å². The standard InChI is InChI=1S/C17H17ClN4O4/c18-13-6-5-12(9-15(13)22(25)26)17(24)19-7-8-21-16(23)10-11-3-1-2-4-14(11)20-21/h5-6,9-10H,1-4,7-8H2,(H,19,24). The van der Waals surface area contributed by atoms with Crippen LogP contribution in [0.15, 0.2) is 29.1 Å². The minimum atomic E-state index is -0.643. The van der Waals surface area contributed by atoms with Crippen molar-refractivity contribution in [1.82, 2.24) is 15.1 Å². The van der Waals surface area contributed by atoms with Crippen LogP contribution in [0.4, 0.5) is 5.69 Å². The van der Waals surface area contributed by atoms with Gasteiger partial charge < -0.3 is 5.32 Å². The van der Waals surface area contributed by atoms with Gasteiger partial charge in [-0.15, -0.1) is 0 Å². The van der Waals surface area contributed by atoms with Crippen molar-refractivity contribution in [2.75, 3.05) is 6.54 Å². The molecule has 1 aromatic carbocycles. The lowest BCUT2D eigenvalue weighted by Gasteiger charge is -2.16. The Hall–Kier alpha value is -2.74. The maximum atomic E-state index is 12.2. The summed E-state index contributed by atoms with van der Waals surface area (Å²) >= 11 is 5.74. The summed E-state index contributed by atoms with van der Waals surface area (Å²) in [6, 6.07) is 5.46. The van der Waals surface area contributed by atoms with E-state index in [1.165, 1.54) is 16.8 Å². The number of rotatable bonds is 5. The van der Waals surface area contributed by atoms with Crippen LogP contribution in [0.5, 0.6) is 0 Å². The van der Waals surface area contributed by atoms with Gasteiger partial charge in [0.25, 0.3) is 17.2 Å². The van der Waals surface area contributed by atoms with Crippen molar-refractivity contribution in [2.45, 2.75) is 32.2 Å². The van der Waals surface area contributed by atoms with E-state index >= 15 is 0 Å². The molecule has 0 radical (unpaired) electrons. The second-order valence-corrected chi connectivity index (χ2v) is 6.47. The summed E-state index contributed by atoms with van der Waals surface area (Å²) < 4.78 is 1.34. The third-order valence-electron chi connectivity index (χ3n) is 4.29. The van der Waals surface area contributed by atoms with Crippen molar-refractivity contribution < 1.29 is 9.72 Å². The van der Waals surface area contributed by atoms with Gasteiger partial charge in [-0.1, -0.05) is 11.6 Å². The number of nitrogens with one attached hydrogen (secondary N) is 1. The van der Waals surface area contributed by atoms with Crippen LogP contribution in [0.2, 0.25) is 5.02 Å². The minimum absolute atomic E-state index is 0.0311. The van der Waals surface area contributed by atoms with Crippen LogP contribution in [-0.4, -0.2) is 27.2 Å². The van der Waals surface area contributed by atoms with Gasteiger partial charge in [0.1, 0.15) is 5.02 Å². The molecule has 1 aliphatic carbocycles. The number of aromatic nitrogens is 2. The maximum Gasteiger partial charge on any atom is 0.288 e. The molecule has 1 heterocycles. The second kappa shape index (κ2) is 7.65. The topological polar surface area (TPSA) is 107 Å². The van der Waals surface area contributed by atoms with E-state index in [0.29, 0.717) is 0 Å². The molecule has 0 aliphatic heterocycles. The number of aryl methyl sites for hydroxylation is 2. The van der Waals surface area contributed by atoms with E-state index in [1.54, 1.807) is 6.07 Å². The van der Waals surface area contributed by atoms with Crippen molar-refractivity contribution in [3.63, 3.8) is 0 Å². The van der Waals surface area contributed by atoms with Gasteiger partial charge in [0.05, 0.1) is 17.2 Å². The summed E-state index contributed by atoms with van der Waals surface area (Å²) in [7, 11) is 0. The zero-order valence-electron chi connectivity index (χ0n) is 13.9. The quantitative estimate of drug-likeness (QED) is 0.635. The van der Waals surface area contributed by atoms with E-state index in [2.05, 4.69) is 10.4 Å². The largest absolute Gasteiger partial charge is 0.350 e. The van der Waals surface area contributed by atoms with Gasteiger partial charge in [0, 0.05) is 24.2 Å². The molecule has 3 rings (SSSR count). The Bertz CT molecular complexity index is 925. The number of nitro benzene ring substituents is 1. The Labute approximate surface area is 153 Å². The minimum Gasteiger partial charge on any atom is -0.350 e. The van der Waals surface area contributed by atoms with Gasteiger partial charge in [-0.25, -0.2) is 4.68 Å². The van der Waals surface area contributed by atoms with E-state index in [9.17, 15) is 19.7 Å². The number of amides is 1. The van der Waals surface area contributed by atoms with Crippen LogP contribution in [0, 0.1) is 10.1 Å². The lowest BCUT2D eigenvalue weighted by Crippen LogP contribution is -2.33. The second-order valence-electron chi connectivity index (χ2n) is 6.06. The molecule has 0 unspecified atom stereocenters. The molecule has 8 nitrogen and oxygen atoms in total. The van der Waals surface area contributed by atoms with E-state index in [4.69, 9.17) is 11.6 Å². The van der Waals surface area contributed by atoms with Crippen molar-refractivity contribution in [3.8, 4) is 0 Å². The van der Waals surface area contributed by atoms with Crippen LogP contribution >= 0.6 is 11.6 Å².